The number of carbonyl (C=O) groups excluding carboxylic acids is 3. The summed E-state index contributed by atoms with van der Waals surface area (Å²) in [7, 11) is 0. The van der Waals surface area contributed by atoms with Gasteiger partial charge in [0.25, 0.3) is 0 Å². The molecule has 0 saturated heterocycles. The van der Waals surface area contributed by atoms with Crippen molar-refractivity contribution in [2.45, 2.75) is 12.8 Å². The lowest BCUT2D eigenvalue weighted by Crippen LogP contribution is -2.03. The molecule has 0 atom stereocenters. The Bertz CT molecular complexity index is 970. The second kappa shape index (κ2) is 11.2. The number of phenolic OH excluding ortho intramolecular Hbond substituents is 1. The molecule has 2 aromatic carbocycles. The molecule has 0 aliphatic rings. The van der Waals surface area contributed by atoms with E-state index < -0.39 is 11.9 Å². The molecule has 6 heteroatoms. The Labute approximate surface area is 174 Å². The first-order valence-electron chi connectivity index (χ1n) is 9.19. The lowest BCUT2D eigenvalue weighted by molar-refractivity contribution is -0.137. The maximum absolute atomic E-state index is 11.6. The molecule has 0 heterocycles. The van der Waals surface area contributed by atoms with Crippen LogP contribution in [0.2, 0.25) is 0 Å². The summed E-state index contributed by atoms with van der Waals surface area (Å²) in [5.74, 6) is -0.671. The minimum absolute atomic E-state index is 0.0338. The minimum atomic E-state index is -0.571. The zero-order valence-electron chi connectivity index (χ0n) is 16.4. The fourth-order valence-electron chi connectivity index (χ4n) is 2.60. The molecule has 154 valence electrons. The van der Waals surface area contributed by atoms with Gasteiger partial charge in [0.2, 0.25) is 0 Å². The van der Waals surface area contributed by atoms with E-state index in [1.165, 1.54) is 0 Å². The van der Waals surface area contributed by atoms with Gasteiger partial charge in [0.05, 0.1) is 6.61 Å². The van der Waals surface area contributed by atoms with Gasteiger partial charge < -0.3 is 14.6 Å². The normalized spacial score (nSPS) is 10.7. The van der Waals surface area contributed by atoms with Gasteiger partial charge in [-0.05, 0) is 48.2 Å². The fourth-order valence-corrected chi connectivity index (χ4v) is 2.60. The Morgan fingerprint density at radius 3 is 2.30 bits per heavy atom. The van der Waals surface area contributed by atoms with Crippen LogP contribution in [-0.2, 0) is 25.5 Å². The summed E-state index contributed by atoms with van der Waals surface area (Å²) in [6.07, 6.45) is 5.66. The van der Waals surface area contributed by atoms with Crippen LogP contribution in [-0.4, -0.2) is 29.9 Å². The predicted octanol–water partition coefficient (Wildman–Crippen LogP) is 3.88. The highest BCUT2D eigenvalue weighted by Crippen LogP contribution is 2.26. The number of aryl methyl sites for hydroxylation is 1. The second-order valence-electron chi connectivity index (χ2n) is 6.24. The summed E-state index contributed by atoms with van der Waals surface area (Å²) >= 11 is 0. The van der Waals surface area contributed by atoms with E-state index in [0.29, 0.717) is 41.6 Å². The van der Waals surface area contributed by atoms with Crippen molar-refractivity contribution in [3.05, 3.63) is 84.5 Å². The molecular formula is C24H22O6. The lowest BCUT2D eigenvalue weighted by atomic mass is 10.0. The number of hydrogen-bond acceptors (Lipinski definition) is 6. The van der Waals surface area contributed by atoms with Gasteiger partial charge in [-0.25, -0.2) is 9.59 Å². The maximum Gasteiger partial charge on any atom is 0.335 e. The summed E-state index contributed by atoms with van der Waals surface area (Å²) in [5, 5.41) is 10.3. The Morgan fingerprint density at radius 1 is 1.00 bits per heavy atom. The first kappa shape index (κ1) is 22.4. The van der Waals surface area contributed by atoms with Crippen LogP contribution < -0.4 is 4.74 Å². The quantitative estimate of drug-likeness (QED) is 0.161. The number of esters is 2. The van der Waals surface area contributed by atoms with Gasteiger partial charge in [0.15, 0.2) is 6.29 Å². The van der Waals surface area contributed by atoms with Gasteiger partial charge in [0.1, 0.15) is 11.5 Å². The smallest absolute Gasteiger partial charge is 0.335 e. The molecule has 0 bridgehead atoms. The number of hydrogen-bond donors (Lipinski definition) is 1. The topological polar surface area (TPSA) is 89.9 Å². The van der Waals surface area contributed by atoms with E-state index in [0.717, 1.165) is 17.7 Å². The van der Waals surface area contributed by atoms with Crippen LogP contribution in [0.1, 0.15) is 23.1 Å². The molecule has 2 rings (SSSR count). The first-order chi connectivity index (χ1) is 14.5. The number of aromatic hydroxyl groups is 1. The van der Waals surface area contributed by atoms with Crippen molar-refractivity contribution in [1.29, 1.82) is 0 Å². The predicted molar refractivity (Wildman–Crippen MR) is 114 cm³/mol. The molecule has 30 heavy (non-hydrogen) atoms. The van der Waals surface area contributed by atoms with Gasteiger partial charge in [-0.2, -0.15) is 0 Å². The third-order valence-electron chi connectivity index (χ3n) is 4.13. The van der Waals surface area contributed by atoms with E-state index in [1.54, 1.807) is 42.5 Å². The van der Waals surface area contributed by atoms with E-state index in [2.05, 4.69) is 13.2 Å². The standard InChI is InChI=1S/C24H22O6/c1-3-23(27)29-13-5-6-17-7-8-19(22(26)14-17)15-20(16-25)18-9-11-21(12-10-18)30-24(28)4-2/h3-4,7-12,14-16,26H,1-2,5-6,13H2/b20-15+. The number of ether oxygens (including phenoxy) is 2. The second-order valence-corrected chi connectivity index (χ2v) is 6.24. The third kappa shape index (κ3) is 6.60. The van der Waals surface area contributed by atoms with Gasteiger partial charge in [0, 0.05) is 23.3 Å². The highest BCUT2D eigenvalue weighted by molar-refractivity contribution is 6.13. The minimum Gasteiger partial charge on any atom is -0.507 e. The number of allylic oxidation sites excluding steroid dienone is 1. The molecule has 0 saturated carbocycles. The van der Waals surface area contributed by atoms with E-state index in [1.807, 2.05) is 6.07 Å². The molecule has 0 fully saturated rings. The van der Waals surface area contributed by atoms with Crippen molar-refractivity contribution in [1.82, 2.24) is 0 Å². The molecule has 2 aromatic rings. The summed E-state index contributed by atoms with van der Waals surface area (Å²) < 4.78 is 9.92. The van der Waals surface area contributed by atoms with Crippen LogP contribution in [0, 0.1) is 0 Å². The Balaban J connectivity index is 2.08. The van der Waals surface area contributed by atoms with Crippen LogP contribution in [0.4, 0.5) is 0 Å². The fraction of sp³-hybridized carbons (Fsp3) is 0.125. The van der Waals surface area contributed by atoms with E-state index in [4.69, 9.17) is 9.47 Å². The molecule has 0 spiro atoms. The van der Waals surface area contributed by atoms with Crippen molar-refractivity contribution in [3.8, 4) is 11.5 Å². The third-order valence-corrected chi connectivity index (χ3v) is 4.13. The molecule has 0 unspecified atom stereocenters. The number of rotatable bonds is 10. The molecule has 0 aromatic heterocycles. The molecular weight excluding hydrogens is 384 g/mol. The van der Waals surface area contributed by atoms with Crippen molar-refractivity contribution in [2.24, 2.45) is 0 Å². The van der Waals surface area contributed by atoms with E-state index in [-0.39, 0.29) is 12.4 Å². The van der Waals surface area contributed by atoms with E-state index in [9.17, 15) is 19.5 Å². The van der Waals surface area contributed by atoms with Crippen LogP contribution in [0.25, 0.3) is 11.6 Å². The number of phenols is 1. The van der Waals surface area contributed by atoms with E-state index >= 15 is 0 Å². The highest BCUT2D eigenvalue weighted by atomic mass is 16.5. The molecule has 0 radical (unpaired) electrons. The van der Waals surface area contributed by atoms with Gasteiger partial charge in [-0.1, -0.05) is 37.4 Å². The van der Waals surface area contributed by atoms with Gasteiger partial charge >= 0.3 is 11.9 Å². The first-order valence-corrected chi connectivity index (χ1v) is 9.19. The molecule has 6 nitrogen and oxygen atoms in total. The highest BCUT2D eigenvalue weighted by Gasteiger charge is 2.07. The lowest BCUT2D eigenvalue weighted by Gasteiger charge is -2.07. The summed E-state index contributed by atoms with van der Waals surface area (Å²) in [6.45, 7) is 6.93. The zero-order chi connectivity index (χ0) is 21.9. The SMILES string of the molecule is C=CC(=O)OCCCc1ccc(/C=C(\C=O)c2ccc(OC(=O)C=C)cc2)c(O)c1. The van der Waals surface area contributed by atoms with Crippen LogP contribution in [0.3, 0.4) is 0 Å². The number of aldehydes is 1. The zero-order valence-corrected chi connectivity index (χ0v) is 16.4. The largest absolute Gasteiger partial charge is 0.507 e. The van der Waals surface area contributed by atoms with Crippen molar-refractivity contribution >= 4 is 29.9 Å². The summed E-state index contributed by atoms with van der Waals surface area (Å²) in [4.78, 5) is 33.8. The Hall–Kier alpha value is -3.93. The van der Waals surface area contributed by atoms with Crippen molar-refractivity contribution in [3.63, 3.8) is 0 Å². The van der Waals surface area contributed by atoms with Gasteiger partial charge in [-0.15, -0.1) is 0 Å². The summed E-state index contributed by atoms with van der Waals surface area (Å²) in [5.41, 5.74) is 2.33. The van der Waals surface area contributed by atoms with Crippen LogP contribution >= 0.6 is 0 Å². The Morgan fingerprint density at radius 2 is 1.70 bits per heavy atom. The summed E-state index contributed by atoms with van der Waals surface area (Å²) in [6, 6.07) is 11.6. The van der Waals surface area contributed by atoms with Crippen molar-refractivity contribution in [2.75, 3.05) is 6.61 Å². The van der Waals surface area contributed by atoms with Crippen LogP contribution in [0.5, 0.6) is 11.5 Å². The average Bonchev–Trinajstić information content (AvgIpc) is 2.76. The number of benzene rings is 2. The number of carbonyl (C=O) groups is 3. The van der Waals surface area contributed by atoms with Crippen LogP contribution in [0.15, 0.2) is 67.8 Å². The van der Waals surface area contributed by atoms with Crippen molar-refractivity contribution < 1.29 is 29.0 Å². The molecule has 0 amide bonds. The molecule has 0 aliphatic carbocycles. The Kier molecular flexibility index (Phi) is 8.32. The molecule has 1 N–H and O–H groups in total. The van der Waals surface area contributed by atoms with Gasteiger partial charge in [-0.3, -0.25) is 4.79 Å². The average molecular weight is 406 g/mol. The maximum atomic E-state index is 11.6. The monoisotopic (exact) mass is 406 g/mol. The molecule has 0 aliphatic heterocycles.